The molecule has 0 aliphatic carbocycles. The highest BCUT2D eigenvalue weighted by Gasteiger charge is 2.19. The summed E-state index contributed by atoms with van der Waals surface area (Å²) in [7, 11) is 0. The van der Waals surface area contributed by atoms with Crippen LogP contribution in [-0.2, 0) is 4.79 Å². The van der Waals surface area contributed by atoms with E-state index < -0.39 is 0 Å². The van der Waals surface area contributed by atoms with E-state index in [1.807, 2.05) is 6.92 Å². The Balaban J connectivity index is 1.55. The molecule has 24 heavy (non-hydrogen) atoms. The Hall–Kier alpha value is -2.00. The second-order valence-electron chi connectivity index (χ2n) is 5.12. The molecule has 1 aromatic carbocycles. The van der Waals surface area contributed by atoms with E-state index in [0.29, 0.717) is 17.2 Å². The van der Waals surface area contributed by atoms with Crippen molar-refractivity contribution >= 4 is 39.8 Å². The minimum atomic E-state index is -0.289. The number of ether oxygens (including phenoxy) is 2. The molecule has 2 heterocycles. The van der Waals surface area contributed by atoms with Gasteiger partial charge in [0.1, 0.15) is 0 Å². The molecule has 1 atom stereocenters. The molecule has 1 aliphatic rings. The topological polar surface area (TPSA) is 85.4 Å². The Morgan fingerprint density at radius 2 is 2.21 bits per heavy atom. The Kier molecular flexibility index (Phi) is 5.41. The molecular weight excluding hydrogens is 348 g/mol. The number of carbonyl (C=O) groups excluding carboxylic acids is 1. The van der Waals surface area contributed by atoms with E-state index in [-0.39, 0.29) is 18.0 Å². The van der Waals surface area contributed by atoms with Crippen molar-refractivity contribution in [3.05, 3.63) is 18.2 Å². The van der Waals surface area contributed by atoms with E-state index >= 15 is 0 Å². The molecule has 3 rings (SSSR count). The number of hydrogen-bond acceptors (Lipinski definition) is 8. The van der Waals surface area contributed by atoms with Crippen molar-refractivity contribution < 1.29 is 14.3 Å². The van der Waals surface area contributed by atoms with Gasteiger partial charge in [-0.05, 0) is 25.5 Å². The molecule has 7 nitrogen and oxygen atoms in total. The summed E-state index contributed by atoms with van der Waals surface area (Å²) in [5.74, 6) is 1.23. The minimum Gasteiger partial charge on any atom is -0.454 e. The highest BCUT2D eigenvalue weighted by atomic mass is 32.2. The molecule has 0 saturated heterocycles. The zero-order chi connectivity index (χ0) is 16.9. The number of thioether (sulfide) groups is 1. The quantitative estimate of drug-likeness (QED) is 0.728. The van der Waals surface area contributed by atoms with Gasteiger partial charge in [0, 0.05) is 18.3 Å². The number of nitrogens with one attached hydrogen (secondary N) is 2. The molecule has 2 aromatic rings. The normalized spacial score (nSPS) is 13.6. The van der Waals surface area contributed by atoms with E-state index in [4.69, 9.17) is 9.47 Å². The van der Waals surface area contributed by atoms with E-state index in [1.165, 1.54) is 23.1 Å². The SMILES string of the molecule is CCCNc1nnc(S[C@@H](C)C(=O)Nc2ccc3c(c2)OCO3)s1. The lowest BCUT2D eigenvalue weighted by Gasteiger charge is -2.10. The second kappa shape index (κ2) is 7.71. The molecule has 0 saturated carbocycles. The average molecular weight is 366 g/mol. The molecule has 1 aliphatic heterocycles. The summed E-state index contributed by atoms with van der Waals surface area (Å²) in [4.78, 5) is 12.3. The Bertz CT molecular complexity index is 722. The van der Waals surface area contributed by atoms with Crippen molar-refractivity contribution in [2.24, 2.45) is 0 Å². The fourth-order valence-corrected chi connectivity index (χ4v) is 3.91. The summed E-state index contributed by atoms with van der Waals surface area (Å²) in [6, 6.07) is 5.34. The molecule has 1 aromatic heterocycles. The summed E-state index contributed by atoms with van der Waals surface area (Å²) in [6.07, 6.45) is 1.02. The van der Waals surface area contributed by atoms with Gasteiger partial charge in [-0.1, -0.05) is 30.0 Å². The van der Waals surface area contributed by atoms with Crippen LogP contribution in [0.15, 0.2) is 22.5 Å². The first kappa shape index (κ1) is 16.8. The number of aromatic nitrogens is 2. The molecule has 0 radical (unpaired) electrons. The van der Waals surface area contributed by atoms with E-state index in [2.05, 4.69) is 27.8 Å². The van der Waals surface area contributed by atoms with E-state index in [0.717, 1.165) is 22.4 Å². The van der Waals surface area contributed by atoms with Crippen LogP contribution in [0.1, 0.15) is 20.3 Å². The van der Waals surface area contributed by atoms with Gasteiger partial charge in [-0.2, -0.15) is 0 Å². The standard InChI is InChI=1S/C15H18N4O3S2/c1-3-6-16-14-18-19-15(24-14)23-9(2)13(20)17-10-4-5-11-12(7-10)22-8-21-11/h4-5,7,9H,3,6,8H2,1-2H3,(H,16,18)(H,17,20)/t9-/m0/s1. The number of amides is 1. The van der Waals surface area contributed by atoms with Gasteiger partial charge in [0.2, 0.25) is 17.8 Å². The average Bonchev–Trinajstić information content (AvgIpc) is 3.21. The summed E-state index contributed by atoms with van der Waals surface area (Å²) >= 11 is 2.84. The first-order valence-electron chi connectivity index (χ1n) is 7.60. The third kappa shape index (κ3) is 4.09. The molecule has 0 fully saturated rings. The predicted octanol–water partition coefficient (Wildman–Crippen LogP) is 3.21. The van der Waals surface area contributed by atoms with Crippen molar-refractivity contribution in [3.63, 3.8) is 0 Å². The number of carbonyl (C=O) groups is 1. The van der Waals surface area contributed by atoms with Crippen molar-refractivity contribution in [1.82, 2.24) is 10.2 Å². The van der Waals surface area contributed by atoms with Crippen LogP contribution >= 0.6 is 23.1 Å². The van der Waals surface area contributed by atoms with Gasteiger partial charge >= 0.3 is 0 Å². The largest absolute Gasteiger partial charge is 0.454 e. The highest BCUT2D eigenvalue weighted by Crippen LogP contribution is 2.35. The Labute approximate surface area is 148 Å². The van der Waals surface area contributed by atoms with Crippen molar-refractivity contribution in [1.29, 1.82) is 0 Å². The molecular formula is C15H18N4O3S2. The van der Waals surface area contributed by atoms with E-state index in [1.54, 1.807) is 18.2 Å². The van der Waals surface area contributed by atoms with Crippen LogP contribution in [0.2, 0.25) is 0 Å². The van der Waals surface area contributed by atoms with Gasteiger partial charge < -0.3 is 20.1 Å². The van der Waals surface area contributed by atoms with Crippen LogP contribution in [0.5, 0.6) is 11.5 Å². The first-order chi connectivity index (χ1) is 11.7. The lowest BCUT2D eigenvalue weighted by Crippen LogP contribution is -2.22. The molecule has 0 bridgehead atoms. The Morgan fingerprint density at radius 1 is 1.38 bits per heavy atom. The number of fused-ring (bicyclic) bond motifs is 1. The van der Waals surface area contributed by atoms with Gasteiger partial charge in [0.15, 0.2) is 15.8 Å². The maximum Gasteiger partial charge on any atom is 0.237 e. The van der Waals surface area contributed by atoms with Crippen LogP contribution in [0.4, 0.5) is 10.8 Å². The van der Waals surface area contributed by atoms with Crippen LogP contribution < -0.4 is 20.1 Å². The van der Waals surface area contributed by atoms with E-state index in [9.17, 15) is 4.79 Å². The van der Waals surface area contributed by atoms with Gasteiger partial charge in [-0.15, -0.1) is 10.2 Å². The molecule has 128 valence electrons. The maximum atomic E-state index is 12.3. The third-order valence-corrected chi connectivity index (χ3v) is 5.28. The van der Waals surface area contributed by atoms with Crippen LogP contribution in [0, 0.1) is 0 Å². The molecule has 9 heteroatoms. The van der Waals surface area contributed by atoms with Gasteiger partial charge in [0.05, 0.1) is 5.25 Å². The molecule has 0 spiro atoms. The van der Waals surface area contributed by atoms with Crippen molar-refractivity contribution in [2.75, 3.05) is 24.0 Å². The fraction of sp³-hybridized carbons (Fsp3) is 0.400. The zero-order valence-corrected chi connectivity index (χ0v) is 15.0. The van der Waals surface area contributed by atoms with Crippen molar-refractivity contribution in [2.45, 2.75) is 29.9 Å². The monoisotopic (exact) mass is 366 g/mol. The predicted molar refractivity (Wildman–Crippen MR) is 95.2 cm³/mol. The lowest BCUT2D eigenvalue weighted by atomic mass is 10.2. The minimum absolute atomic E-state index is 0.0999. The van der Waals surface area contributed by atoms with Gasteiger partial charge in [-0.3, -0.25) is 4.79 Å². The summed E-state index contributed by atoms with van der Waals surface area (Å²) in [5, 5.41) is 14.7. The fourth-order valence-electron chi connectivity index (χ4n) is 1.98. The highest BCUT2D eigenvalue weighted by molar-refractivity contribution is 8.02. The number of benzene rings is 1. The maximum absolute atomic E-state index is 12.3. The number of hydrogen-bond donors (Lipinski definition) is 2. The Morgan fingerprint density at radius 3 is 3.04 bits per heavy atom. The summed E-state index contributed by atoms with van der Waals surface area (Å²) < 4.78 is 11.3. The van der Waals surface area contributed by atoms with Crippen LogP contribution in [0.25, 0.3) is 0 Å². The molecule has 0 unspecified atom stereocenters. The summed E-state index contributed by atoms with van der Waals surface area (Å²) in [6.45, 7) is 5.00. The lowest BCUT2D eigenvalue weighted by molar-refractivity contribution is -0.115. The smallest absolute Gasteiger partial charge is 0.237 e. The number of anilines is 2. The van der Waals surface area contributed by atoms with Gasteiger partial charge in [-0.25, -0.2) is 0 Å². The number of nitrogens with zero attached hydrogens (tertiary/aromatic N) is 2. The first-order valence-corrected chi connectivity index (χ1v) is 9.30. The van der Waals surface area contributed by atoms with Crippen molar-refractivity contribution in [3.8, 4) is 11.5 Å². The zero-order valence-electron chi connectivity index (χ0n) is 13.4. The number of rotatable bonds is 7. The third-order valence-electron chi connectivity index (χ3n) is 3.22. The second-order valence-corrected chi connectivity index (χ2v) is 7.68. The van der Waals surface area contributed by atoms with Crippen LogP contribution in [-0.4, -0.2) is 34.7 Å². The summed E-state index contributed by atoms with van der Waals surface area (Å²) in [5.41, 5.74) is 0.680. The van der Waals surface area contributed by atoms with Gasteiger partial charge in [0.25, 0.3) is 0 Å². The molecule has 2 N–H and O–H groups in total. The molecule has 1 amide bonds. The van der Waals surface area contributed by atoms with Crippen LogP contribution in [0.3, 0.4) is 0 Å².